The van der Waals surface area contributed by atoms with Crippen LogP contribution < -0.4 is 10.6 Å². The average molecular weight is 343 g/mol. The molecule has 7 heteroatoms. The topological polar surface area (TPSA) is 97.0 Å². The van der Waals surface area contributed by atoms with Gasteiger partial charge in [0.25, 0.3) is 5.91 Å². The fourth-order valence-corrected chi connectivity index (χ4v) is 2.13. The molecule has 24 heavy (non-hydrogen) atoms. The number of ether oxygens (including phenoxy) is 2. The highest BCUT2D eigenvalue weighted by atomic mass is 16.6. The van der Waals surface area contributed by atoms with Gasteiger partial charge in [0.2, 0.25) is 5.91 Å². The van der Waals surface area contributed by atoms with Crippen molar-refractivity contribution < 1.29 is 25.2 Å². The third kappa shape index (κ3) is 6.86. The number of nitrogens with one attached hydrogen (secondary N) is 2. The van der Waals surface area contributed by atoms with Gasteiger partial charge >= 0.3 is 5.97 Å². The summed E-state index contributed by atoms with van der Waals surface area (Å²) >= 11 is 0. The van der Waals surface area contributed by atoms with Gasteiger partial charge in [-0.3, -0.25) is 9.59 Å². The highest BCUT2D eigenvalue weighted by Crippen LogP contribution is 2.24. The van der Waals surface area contributed by atoms with E-state index < -0.39 is 36.0 Å². The Labute approximate surface area is 145 Å². The summed E-state index contributed by atoms with van der Waals surface area (Å²) in [5.74, 6) is -1.36. The zero-order valence-corrected chi connectivity index (χ0v) is 15.2. The maximum Gasteiger partial charge on any atom is 0.338 e. The number of hydrogen-bond acceptors (Lipinski definition) is 5. The lowest BCUT2D eigenvalue weighted by atomic mass is 10.0. The van der Waals surface area contributed by atoms with Gasteiger partial charge in [0.05, 0.1) is 7.98 Å². The fraction of sp³-hybridized carbons (Fsp3) is 0.824. The molecular weight excluding hydrogens is 312 g/mol. The third-order valence-electron chi connectivity index (χ3n) is 3.44. The molecule has 0 bridgehead atoms. The molecule has 1 saturated heterocycles. The number of carbonyl (C=O) groups is 3. The Morgan fingerprint density at radius 1 is 1.17 bits per heavy atom. The van der Waals surface area contributed by atoms with Crippen molar-refractivity contribution in [3.63, 3.8) is 0 Å². The van der Waals surface area contributed by atoms with Crippen LogP contribution in [0.25, 0.3) is 0 Å². The van der Waals surface area contributed by atoms with E-state index >= 15 is 0 Å². The summed E-state index contributed by atoms with van der Waals surface area (Å²) in [6.45, 7) is 10.1. The predicted molar refractivity (Wildman–Crippen MR) is 89.1 cm³/mol. The highest BCUT2D eigenvalue weighted by Gasteiger charge is 2.52. The highest BCUT2D eigenvalue weighted by molar-refractivity contribution is 5.95. The van der Waals surface area contributed by atoms with Crippen LogP contribution in [0.5, 0.6) is 0 Å². The number of carbonyl (C=O) groups excluding carboxylic acids is 3. The largest absolute Gasteiger partial charge is 0.464 e. The van der Waals surface area contributed by atoms with E-state index in [-0.39, 0.29) is 18.9 Å². The van der Waals surface area contributed by atoms with Crippen LogP contribution in [0, 0.1) is 11.8 Å². The number of amides is 2. The van der Waals surface area contributed by atoms with Crippen LogP contribution in [0.15, 0.2) is 0 Å². The van der Waals surface area contributed by atoms with Crippen LogP contribution in [0.1, 0.15) is 48.8 Å². The van der Waals surface area contributed by atoms with Gasteiger partial charge in [-0.1, -0.05) is 27.7 Å². The van der Waals surface area contributed by atoms with Crippen LogP contribution in [0.2, 0.25) is 0 Å². The maximum absolute atomic E-state index is 12.4. The van der Waals surface area contributed by atoms with Crippen molar-refractivity contribution in [1.82, 2.24) is 10.6 Å². The van der Waals surface area contributed by atoms with E-state index in [2.05, 4.69) is 10.6 Å². The molecule has 3 atom stereocenters. The summed E-state index contributed by atoms with van der Waals surface area (Å²) in [5, 5.41) is 5.14. The summed E-state index contributed by atoms with van der Waals surface area (Å²) in [6.07, 6.45) is -1.01. The van der Waals surface area contributed by atoms with Crippen LogP contribution >= 0.6 is 0 Å². The second kappa shape index (κ2) is 9.61. The number of epoxide rings is 1. The van der Waals surface area contributed by atoms with Gasteiger partial charge in [0.15, 0.2) is 12.2 Å². The number of esters is 1. The van der Waals surface area contributed by atoms with Crippen LogP contribution in [-0.2, 0) is 23.9 Å². The molecule has 0 radical (unpaired) electrons. The molecule has 0 aromatic heterocycles. The van der Waals surface area contributed by atoms with Gasteiger partial charge in [-0.05, 0) is 31.6 Å². The monoisotopic (exact) mass is 343 g/mol. The molecule has 2 amide bonds. The lowest BCUT2D eigenvalue weighted by Crippen LogP contribution is -2.49. The van der Waals surface area contributed by atoms with E-state index in [0.29, 0.717) is 12.5 Å². The summed E-state index contributed by atoms with van der Waals surface area (Å²) in [4.78, 5) is 36.2. The Morgan fingerprint density at radius 3 is 2.38 bits per heavy atom. The molecule has 7 nitrogen and oxygen atoms in total. The van der Waals surface area contributed by atoms with E-state index in [1.54, 1.807) is 6.92 Å². The number of rotatable bonds is 10. The first-order valence-electron chi connectivity index (χ1n) is 9.03. The van der Waals surface area contributed by atoms with Gasteiger partial charge in [-0.25, -0.2) is 4.79 Å². The van der Waals surface area contributed by atoms with Gasteiger partial charge in [0, 0.05) is 6.54 Å². The first kappa shape index (κ1) is 18.7. The standard InChI is InChI=1S/C17H30N2O5/c1-6-23-17(22)14-13(24-14)16(21)19-12(9-11(4)5)15(20)18-8-7-10(2)3/h10-14H,6-9H2,1-5H3,(H,18,20)(H,19,21)/t12-,13+,14+/m1/s1/i12D. The SMILES string of the molecule is [2H][C@](CC(C)C)(NC(=O)[C@H]1O[C@@H]1C(=O)OCC)C(=O)NCCC(C)C. The quantitative estimate of drug-likeness (QED) is 0.456. The Bertz CT molecular complexity index is 497. The molecule has 1 rings (SSSR count). The molecule has 0 aromatic carbocycles. The van der Waals surface area contributed by atoms with Crippen LogP contribution in [-0.4, -0.2) is 49.2 Å². The second-order valence-electron chi connectivity index (χ2n) is 6.73. The maximum atomic E-state index is 12.4. The van der Waals surface area contributed by atoms with Crippen molar-refractivity contribution in [2.45, 2.75) is 65.7 Å². The molecule has 1 heterocycles. The van der Waals surface area contributed by atoms with E-state index in [1.807, 2.05) is 27.7 Å². The molecule has 0 aliphatic carbocycles. The first-order valence-corrected chi connectivity index (χ1v) is 8.53. The Balaban J connectivity index is 2.67. The summed E-state index contributed by atoms with van der Waals surface area (Å²) in [5.41, 5.74) is 0. The molecule has 0 unspecified atom stereocenters. The lowest BCUT2D eigenvalue weighted by molar-refractivity contribution is -0.144. The van der Waals surface area contributed by atoms with Crippen molar-refractivity contribution in [2.24, 2.45) is 11.8 Å². The molecule has 0 aromatic rings. The molecule has 1 aliphatic rings. The normalized spacial score (nSPS) is 22.5. The Hall–Kier alpha value is -1.63. The van der Waals surface area contributed by atoms with Crippen LogP contribution in [0.3, 0.4) is 0 Å². The summed E-state index contributed by atoms with van der Waals surface area (Å²) in [7, 11) is 0. The predicted octanol–water partition coefficient (Wildman–Crippen LogP) is 1.01. The Kier molecular flexibility index (Phi) is 7.49. The van der Waals surface area contributed by atoms with Gasteiger partial charge in [0.1, 0.15) is 6.02 Å². The van der Waals surface area contributed by atoms with Crippen LogP contribution in [0.4, 0.5) is 0 Å². The first-order chi connectivity index (χ1) is 11.6. The van der Waals surface area contributed by atoms with Crippen molar-refractivity contribution in [1.29, 1.82) is 0 Å². The van der Waals surface area contributed by atoms with Crippen molar-refractivity contribution in [3.05, 3.63) is 0 Å². The molecular formula is C17H30N2O5. The summed E-state index contributed by atoms with van der Waals surface area (Å²) < 4.78 is 18.3. The van der Waals surface area contributed by atoms with E-state index in [1.165, 1.54) is 0 Å². The average Bonchev–Trinajstić information content (AvgIpc) is 3.26. The second-order valence-corrected chi connectivity index (χ2v) is 6.73. The molecule has 138 valence electrons. The van der Waals surface area contributed by atoms with Crippen molar-refractivity contribution >= 4 is 17.8 Å². The van der Waals surface area contributed by atoms with Crippen molar-refractivity contribution in [2.75, 3.05) is 13.2 Å². The zero-order valence-electron chi connectivity index (χ0n) is 16.2. The lowest BCUT2D eigenvalue weighted by Gasteiger charge is -2.20. The van der Waals surface area contributed by atoms with E-state index in [0.717, 1.165) is 6.42 Å². The minimum Gasteiger partial charge on any atom is -0.464 e. The molecule has 0 spiro atoms. The smallest absolute Gasteiger partial charge is 0.338 e. The number of hydrogen-bond donors (Lipinski definition) is 2. The molecule has 1 aliphatic heterocycles. The minimum absolute atomic E-state index is 0.0228. The van der Waals surface area contributed by atoms with Gasteiger partial charge < -0.3 is 20.1 Å². The van der Waals surface area contributed by atoms with Gasteiger partial charge in [-0.15, -0.1) is 0 Å². The minimum atomic E-state index is -1.80. The third-order valence-corrected chi connectivity index (χ3v) is 3.44. The summed E-state index contributed by atoms with van der Waals surface area (Å²) in [6, 6.07) is -1.80. The molecule has 2 N–H and O–H groups in total. The van der Waals surface area contributed by atoms with E-state index in [9.17, 15) is 14.4 Å². The van der Waals surface area contributed by atoms with Gasteiger partial charge in [-0.2, -0.15) is 0 Å². The van der Waals surface area contributed by atoms with Crippen molar-refractivity contribution in [3.8, 4) is 0 Å². The zero-order chi connectivity index (χ0) is 19.2. The van der Waals surface area contributed by atoms with E-state index in [4.69, 9.17) is 10.8 Å². The molecule has 0 saturated carbocycles. The molecule has 1 fully saturated rings. The fourth-order valence-electron chi connectivity index (χ4n) is 2.13. The Morgan fingerprint density at radius 2 is 1.83 bits per heavy atom.